The van der Waals surface area contributed by atoms with Crippen LogP contribution in [0.2, 0.25) is 0 Å². The number of anilines is 2. The van der Waals surface area contributed by atoms with Crippen LogP contribution in [0.4, 0.5) is 11.4 Å². The molecule has 34 heavy (non-hydrogen) atoms. The zero-order valence-corrected chi connectivity index (χ0v) is 20.2. The van der Waals surface area contributed by atoms with E-state index >= 15 is 0 Å². The second-order valence-electron chi connectivity index (χ2n) is 8.47. The average molecular weight is 468 g/mol. The number of nitrogens with zero attached hydrogens (tertiary/aromatic N) is 3. The molecule has 3 heterocycles. The Morgan fingerprint density at radius 2 is 1.94 bits per heavy atom. The molecule has 0 atom stereocenters. The molecule has 7 heteroatoms. The van der Waals surface area contributed by atoms with Crippen LogP contribution >= 0.6 is 11.3 Å². The van der Waals surface area contributed by atoms with Gasteiger partial charge < -0.3 is 19.9 Å². The van der Waals surface area contributed by atoms with Gasteiger partial charge in [0.1, 0.15) is 23.3 Å². The van der Waals surface area contributed by atoms with Gasteiger partial charge in [-0.25, -0.2) is 4.98 Å². The summed E-state index contributed by atoms with van der Waals surface area (Å²) in [4.78, 5) is 11.9. The normalized spacial score (nSPS) is 11.3. The second kappa shape index (κ2) is 9.18. The van der Waals surface area contributed by atoms with E-state index in [-0.39, 0.29) is 0 Å². The molecule has 0 amide bonds. The van der Waals surface area contributed by atoms with Crippen LogP contribution in [0, 0.1) is 18.3 Å². The van der Waals surface area contributed by atoms with Crippen LogP contribution in [0.25, 0.3) is 31.6 Å². The van der Waals surface area contributed by atoms with Crippen molar-refractivity contribution in [1.29, 1.82) is 5.26 Å². The number of aromatic amines is 1. The number of aryl methyl sites for hydroxylation is 1. The Balaban J connectivity index is 1.48. The minimum atomic E-state index is 0.523. The van der Waals surface area contributed by atoms with Crippen molar-refractivity contribution in [2.75, 3.05) is 32.6 Å². The topological polar surface area (TPSA) is 77.0 Å². The van der Waals surface area contributed by atoms with Crippen LogP contribution < -0.4 is 10.1 Å². The van der Waals surface area contributed by atoms with Gasteiger partial charge in [-0.1, -0.05) is 0 Å². The lowest BCUT2D eigenvalue weighted by atomic mass is 10.1. The van der Waals surface area contributed by atoms with E-state index in [0.717, 1.165) is 60.8 Å². The monoisotopic (exact) mass is 467 g/mol. The van der Waals surface area contributed by atoms with Crippen LogP contribution in [0.1, 0.15) is 11.1 Å². The zero-order chi connectivity index (χ0) is 23.7. The van der Waals surface area contributed by atoms with Gasteiger partial charge in [0, 0.05) is 45.8 Å². The molecule has 0 aliphatic carbocycles. The third-order valence-electron chi connectivity index (χ3n) is 5.89. The number of benzene rings is 2. The largest absolute Gasteiger partial charge is 0.492 e. The molecule has 0 saturated heterocycles. The minimum absolute atomic E-state index is 0.523. The predicted octanol–water partition coefficient (Wildman–Crippen LogP) is 6.31. The highest BCUT2D eigenvalue weighted by Gasteiger charge is 2.15. The van der Waals surface area contributed by atoms with Gasteiger partial charge >= 0.3 is 0 Å². The van der Waals surface area contributed by atoms with Crippen molar-refractivity contribution < 1.29 is 4.74 Å². The molecule has 0 unspecified atom stereocenters. The zero-order valence-electron chi connectivity index (χ0n) is 19.3. The van der Waals surface area contributed by atoms with Crippen molar-refractivity contribution in [2.24, 2.45) is 0 Å². The van der Waals surface area contributed by atoms with Gasteiger partial charge in [0.05, 0.1) is 11.3 Å². The smallest absolute Gasteiger partial charge is 0.126 e. The number of fused-ring (bicyclic) bond motifs is 2. The summed E-state index contributed by atoms with van der Waals surface area (Å²) in [6.07, 6.45) is 3.59. The summed E-state index contributed by atoms with van der Waals surface area (Å²) in [5, 5.41) is 15.4. The van der Waals surface area contributed by atoms with Crippen LogP contribution in [-0.2, 0) is 0 Å². The molecule has 0 saturated carbocycles. The number of ether oxygens (including phenoxy) is 1. The first-order valence-corrected chi connectivity index (χ1v) is 11.9. The average Bonchev–Trinajstić information content (AvgIpc) is 3.49. The lowest BCUT2D eigenvalue weighted by molar-refractivity contribution is 0.261. The number of nitriles is 1. The molecular formula is C27H25N5OS. The quantitative estimate of drug-likeness (QED) is 0.293. The maximum absolute atomic E-state index is 9.77. The van der Waals surface area contributed by atoms with Gasteiger partial charge in [-0.05, 0) is 80.7 Å². The summed E-state index contributed by atoms with van der Waals surface area (Å²) < 4.78 is 5.82. The summed E-state index contributed by atoms with van der Waals surface area (Å²) in [7, 11) is 4.06. The third kappa shape index (κ3) is 4.21. The van der Waals surface area contributed by atoms with E-state index in [0.29, 0.717) is 12.2 Å². The van der Waals surface area contributed by atoms with Gasteiger partial charge in [-0.2, -0.15) is 5.26 Å². The lowest BCUT2D eigenvalue weighted by Crippen LogP contribution is -2.19. The summed E-state index contributed by atoms with van der Waals surface area (Å²) in [6.45, 7) is 3.61. The van der Waals surface area contributed by atoms with Crippen molar-refractivity contribution in [1.82, 2.24) is 14.9 Å². The highest BCUT2D eigenvalue weighted by Crippen LogP contribution is 2.39. The molecule has 5 rings (SSSR count). The van der Waals surface area contributed by atoms with Crippen molar-refractivity contribution in [3.63, 3.8) is 0 Å². The van der Waals surface area contributed by atoms with E-state index in [1.807, 2.05) is 38.5 Å². The molecule has 5 aromatic rings. The Kier molecular flexibility index (Phi) is 5.93. The molecule has 2 N–H and O–H groups in total. The highest BCUT2D eigenvalue weighted by molar-refractivity contribution is 7.21. The third-order valence-corrected chi connectivity index (χ3v) is 6.98. The Hall–Kier alpha value is -3.86. The van der Waals surface area contributed by atoms with Crippen molar-refractivity contribution >= 4 is 43.8 Å². The molecule has 0 radical (unpaired) electrons. The molecule has 0 spiro atoms. The summed E-state index contributed by atoms with van der Waals surface area (Å²) in [6, 6.07) is 18.7. The van der Waals surface area contributed by atoms with Crippen LogP contribution in [0.5, 0.6) is 5.75 Å². The number of likely N-dealkylation sites (N-methyl/N-ethyl adjacent to an activating group) is 1. The van der Waals surface area contributed by atoms with Gasteiger partial charge in [0.2, 0.25) is 0 Å². The Morgan fingerprint density at radius 1 is 1.12 bits per heavy atom. The summed E-state index contributed by atoms with van der Waals surface area (Å²) in [5.41, 5.74) is 5.61. The number of rotatable bonds is 7. The molecule has 3 aromatic heterocycles. The molecule has 0 bridgehead atoms. The van der Waals surface area contributed by atoms with Crippen LogP contribution in [0.3, 0.4) is 0 Å². The molecule has 2 aromatic carbocycles. The Labute approximate surface area is 202 Å². The fourth-order valence-electron chi connectivity index (χ4n) is 3.97. The molecule has 6 nitrogen and oxygen atoms in total. The van der Waals surface area contributed by atoms with E-state index in [1.165, 1.54) is 0 Å². The number of aromatic nitrogens is 2. The molecular weight excluding hydrogens is 442 g/mol. The van der Waals surface area contributed by atoms with E-state index < -0.39 is 0 Å². The van der Waals surface area contributed by atoms with Gasteiger partial charge in [0.25, 0.3) is 0 Å². The number of pyridine rings is 1. The second-order valence-corrected chi connectivity index (χ2v) is 9.50. The fourth-order valence-corrected chi connectivity index (χ4v) is 4.98. The standard InChI is InChI=1S/C27H25N5OS/c1-17-21-10-11-29-24(21)9-8-23(17)31-26-19(15-28)16-30-27-22(26)14-25(34-27)18-4-6-20(7-5-18)33-13-12-32(2)3/h4-11,14,16,29H,12-13H2,1-3H3,(H,30,31). The summed E-state index contributed by atoms with van der Waals surface area (Å²) in [5.74, 6) is 0.856. The number of hydrogen-bond acceptors (Lipinski definition) is 6. The van der Waals surface area contributed by atoms with E-state index in [9.17, 15) is 5.26 Å². The number of H-pyrrole nitrogens is 1. The maximum Gasteiger partial charge on any atom is 0.126 e. The van der Waals surface area contributed by atoms with Crippen molar-refractivity contribution in [3.05, 3.63) is 72.1 Å². The van der Waals surface area contributed by atoms with Crippen LogP contribution in [0.15, 0.2) is 60.9 Å². The molecule has 170 valence electrons. The lowest BCUT2D eigenvalue weighted by Gasteiger charge is -2.12. The maximum atomic E-state index is 9.77. The molecule has 0 aliphatic rings. The first-order chi connectivity index (χ1) is 16.5. The van der Waals surface area contributed by atoms with Gasteiger partial charge in [-0.3, -0.25) is 0 Å². The summed E-state index contributed by atoms with van der Waals surface area (Å²) >= 11 is 1.62. The Bertz CT molecular complexity index is 1510. The van der Waals surface area contributed by atoms with Gasteiger partial charge in [0.15, 0.2) is 0 Å². The highest BCUT2D eigenvalue weighted by atomic mass is 32.1. The van der Waals surface area contributed by atoms with E-state index in [1.54, 1.807) is 17.5 Å². The first-order valence-electron chi connectivity index (χ1n) is 11.1. The van der Waals surface area contributed by atoms with E-state index in [4.69, 9.17) is 4.74 Å². The van der Waals surface area contributed by atoms with Crippen molar-refractivity contribution in [3.8, 4) is 22.3 Å². The SMILES string of the molecule is Cc1c(Nc2c(C#N)cnc3sc(-c4ccc(OCCN(C)C)cc4)cc23)ccc2[nH]ccc12. The fraction of sp³-hybridized carbons (Fsp3) is 0.185. The Morgan fingerprint density at radius 3 is 2.71 bits per heavy atom. The molecule has 0 fully saturated rings. The first kappa shape index (κ1) is 22.0. The predicted molar refractivity (Wildman–Crippen MR) is 140 cm³/mol. The number of thiophene rings is 1. The van der Waals surface area contributed by atoms with E-state index in [2.05, 4.69) is 63.5 Å². The minimum Gasteiger partial charge on any atom is -0.492 e. The number of hydrogen-bond donors (Lipinski definition) is 2. The van der Waals surface area contributed by atoms with Gasteiger partial charge in [-0.15, -0.1) is 11.3 Å². The van der Waals surface area contributed by atoms with Crippen LogP contribution in [-0.4, -0.2) is 42.1 Å². The number of nitrogens with one attached hydrogen (secondary N) is 2. The van der Waals surface area contributed by atoms with Crippen molar-refractivity contribution in [2.45, 2.75) is 6.92 Å². The molecule has 0 aliphatic heterocycles.